The van der Waals surface area contributed by atoms with Crippen molar-refractivity contribution in [1.29, 1.82) is 0 Å². The van der Waals surface area contributed by atoms with E-state index in [1.165, 1.54) is 25.5 Å². The second kappa shape index (κ2) is 8.14. The van der Waals surface area contributed by atoms with Crippen LogP contribution in [0.15, 0.2) is 71.3 Å². The minimum absolute atomic E-state index is 0.332. The number of nitrogens with zero attached hydrogens (tertiary/aromatic N) is 1. The Morgan fingerprint density at radius 3 is 2.35 bits per heavy atom. The standard InChI is InChI=1S/C23H17F3N2O3/c1-30-22(29)16-8-6-15(7-9-16)20-18(21(28-27-20)19-3-2-12-31-19)13-14-4-10-17(11-5-14)23(24,25)26/h2-12H,13H2,1H3,(H,27,28). The summed E-state index contributed by atoms with van der Waals surface area (Å²) in [5.41, 5.74) is 3.14. The highest BCUT2D eigenvalue weighted by molar-refractivity contribution is 5.90. The smallest absolute Gasteiger partial charge is 0.416 e. The van der Waals surface area contributed by atoms with Gasteiger partial charge in [-0.05, 0) is 42.0 Å². The number of aromatic amines is 1. The van der Waals surface area contributed by atoms with Crippen LogP contribution >= 0.6 is 0 Å². The molecule has 0 fully saturated rings. The van der Waals surface area contributed by atoms with Crippen LogP contribution in [0.3, 0.4) is 0 Å². The molecule has 2 heterocycles. The Balaban J connectivity index is 1.73. The molecule has 31 heavy (non-hydrogen) atoms. The largest absolute Gasteiger partial charge is 0.465 e. The molecule has 0 aliphatic carbocycles. The molecule has 8 heteroatoms. The van der Waals surface area contributed by atoms with Crippen LogP contribution in [0.5, 0.6) is 0 Å². The van der Waals surface area contributed by atoms with E-state index in [0.29, 0.717) is 34.7 Å². The molecule has 0 amide bonds. The van der Waals surface area contributed by atoms with Gasteiger partial charge in [-0.3, -0.25) is 5.10 Å². The number of methoxy groups -OCH3 is 1. The van der Waals surface area contributed by atoms with Crippen molar-refractivity contribution in [3.63, 3.8) is 0 Å². The first-order valence-electron chi connectivity index (χ1n) is 9.33. The van der Waals surface area contributed by atoms with Crippen molar-refractivity contribution in [2.45, 2.75) is 12.6 Å². The minimum Gasteiger partial charge on any atom is -0.465 e. The van der Waals surface area contributed by atoms with E-state index in [9.17, 15) is 18.0 Å². The van der Waals surface area contributed by atoms with Crippen LogP contribution in [-0.4, -0.2) is 23.3 Å². The lowest BCUT2D eigenvalue weighted by Crippen LogP contribution is -2.04. The number of hydrogen-bond acceptors (Lipinski definition) is 4. The maximum atomic E-state index is 12.9. The summed E-state index contributed by atoms with van der Waals surface area (Å²) in [4.78, 5) is 11.7. The summed E-state index contributed by atoms with van der Waals surface area (Å²) < 4.78 is 48.9. The number of halogens is 3. The first-order valence-corrected chi connectivity index (χ1v) is 9.33. The van der Waals surface area contributed by atoms with Crippen LogP contribution in [-0.2, 0) is 17.3 Å². The van der Waals surface area contributed by atoms with Crippen LogP contribution in [0.25, 0.3) is 22.7 Å². The number of esters is 1. The molecule has 158 valence electrons. The summed E-state index contributed by atoms with van der Waals surface area (Å²) >= 11 is 0. The molecule has 0 saturated carbocycles. The van der Waals surface area contributed by atoms with Crippen molar-refractivity contribution in [3.05, 3.63) is 89.2 Å². The van der Waals surface area contributed by atoms with Gasteiger partial charge in [-0.2, -0.15) is 18.3 Å². The Bertz CT molecular complexity index is 1180. The lowest BCUT2D eigenvalue weighted by atomic mass is 9.97. The minimum atomic E-state index is -4.39. The summed E-state index contributed by atoms with van der Waals surface area (Å²) in [6, 6.07) is 15.3. The number of carbonyl (C=O) groups excluding carboxylic acids is 1. The number of carbonyl (C=O) groups is 1. The third kappa shape index (κ3) is 4.23. The van der Waals surface area contributed by atoms with Crippen molar-refractivity contribution >= 4 is 5.97 Å². The van der Waals surface area contributed by atoms with Gasteiger partial charge in [0, 0.05) is 17.5 Å². The number of hydrogen-bond donors (Lipinski definition) is 1. The number of furan rings is 1. The van der Waals surface area contributed by atoms with E-state index in [-0.39, 0.29) is 0 Å². The van der Waals surface area contributed by atoms with Gasteiger partial charge in [0.25, 0.3) is 0 Å². The second-order valence-electron chi connectivity index (χ2n) is 6.84. The van der Waals surface area contributed by atoms with Crippen LogP contribution in [0.1, 0.15) is 27.0 Å². The molecule has 0 atom stereocenters. The van der Waals surface area contributed by atoms with Gasteiger partial charge in [0.1, 0.15) is 5.69 Å². The van der Waals surface area contributed by atoms with Crippen molar-refractivity contribution in [1.82, 2.24) is 10.2 Å². The van der Waals surface area contributed by atoms with Crippen molar-refractivity contribution in [2.75, 3.05) is 7.11 Å². The van der Waals surface area contributed by atoms with E-state index in [0.717, 1.165) is 23.3 Å². The van der Waals surface area contributed by atoms with E-state index in [2.05, 4.69) is 10.2 Å². The maximum absolute atomic E-state index is 12.9. The Kier molecular flexibility index (Phi) is 5.37. The number of rotatable bonds is 5. The van der Waals surface area contributed by atoms with E-state index in [1.807, 2.05) is 0 Å². The summed E-state index contributed by atoms with van der Waals surface area (Å²) in [6.45, 7) is 0. The van der Waals surface area contributed by atoms with E-state index >= 15 is 0 Å². The Labute approximate surface area is 175 Å². The SMILES string of the molecule is COC(=O)c1ccc(-c2n[nH]c(-c3ccco3)c2Cc2ccc(C(F)(F)F)cc2)cc1. The zero-order valence-corrected chi connectivity index (χ0v) is 16.4. The van der Waals surface area contributed by atoms with E-state index in [4.69, 9.17) is 9.15 Å². The normalized spacial score (nSPS) is 11.5. The predicted octanol–water partition coefficient (Wildman–Crippen LogP) is 5.73. The molecular weight excluding hydrogens is 409 g/mol. The average Bonchev–Trinajstić information content (AvgIpc) is 3.43. The molecular formula is C23H17F3N2O3. The monoisotopic (exact) mass is 426 g/mol. The summed E-state index contributed by atoms with van der Waals surface area (Å²) in [7, 11) is 1.31. The maximum Gasteiger partial charge on any atom is 0.416 e. The average molecular weight is 426 g/mol. The number of aromatic nitrogens is 2. The van der Waals surface area contributed by atoms with Crippen LogP contribution in [0, 0.1) is 0 Å². The summed E-state index contributed by atoms with van der Waals surface area (Å²) in [5.74, 6) is 0.113. The van der Waals surface area contributed by atoms with Gasteiger partial charge in [0.05, 0.1) is 30.2 Å². The van der Waals surface area contributed by atoms with Gasteiger partial charge >= 0.3 is 12.1 Å². The molecule has 1 N–H and O–H groups in total. The van der Waals surface area contributed by atoms with Gasteiger partial charge in [-0.15, -0.1) is 0 Å². The molecule has 0 radical (unpaired) electrons. The fourth-order valence-electron chi connectivity index (χ4n) is 3.30. The van der Waals surface area contributed by atoms with Crippen molar-refractivity contribution in [3.8, 4) is 22.7 Å². The van der Waals surface area contributed by atoms with Gasteiger partial charge < -0.3 is 9.15 Å². The molecule has 4 aromatic rings. The third-order valence-electron chi connectivity index (χ3n) is 4.88. The summed E-state index contributed by atoms with van der Waals surface area (Å²) in [5, 5.41) is 7.37. The predicted molar refractivity (Wildman–Crippen MR) is 107 cm³/mol. The molecule has 0 aliphatic rings. The van der Waals surface area contributed by atoms with Crippen LogP contribution < -0.4 is 0 Å². The molecule has 0 unspecified atom stereocenters. The molecule has 2 aromatic heterocycles. The topological polar surface area (TPSA) is 68.1 Å². The molecule has 0 bridgehead atoms. The quantitative estimate of drug-likeness (QED) is 0.414. The first kappa shape index (κ1) is 20.5. The van der Waals surface area contributed by atoms with Crippen LogP contribution in [0.4, 0.5) is 13.2 Å². The van der Waals surface area contributed by atoms with Gasteiger partial charge in [0.2, 0.25) is 0 Å². The third-order valence-corrected chi connectivity index (χ3v) is 4.88. The number of nitrogens with one attached hydrogen (secondary N) is 1. The van der Waals surface area contributed by atoms with Gasteiger partial charge in [-0.1, -0.05) is 24.3 Å². The van der Waals surface area contributed by atoms with Gasteiger partial charge in [-0.25, -0.2) is 4.79 Å². The molecule has 0 aliphatic heterocycles. The van der Waals surface area contributed by atoms with E-state index in [1.54, 1.807) is 36.4 Å². The lowest BCUT2D eigenvalue weighted by Gasteiger charge is -2.09. The zero-order chi connectivity index (χ0) is 22.0. The Morgan fingerprint density at radius 2 is 1.77 bits per heavy atom. The highest BCUT2D eigenvalue weighted by Crippen LogP contribution is 2.34. The molecule has 2 aromatic carbocycles. The fraction of sp³-hybridized carbons (Fsp3) is 0.130. The zero-order valence-electron chi connectivity index (χ0n) is 16.4. The highest BCUT2D eigenvalue weighted by atomic mass is 19.4. The Morgan fingerprint density at radius 1 is 1.06 bits per heavy atom. The van der Waals surface area contributed by atoms with Crippen molar-refractivity contribution < 1.29 is 27.1 Å². The summed E-state index contributed by atoms with van der Waals surface area (Å²) in [6.07, 6.45) is -2.53. The van der Waals surface area contributed by atoms with Crippen molar-refractivity contribution in [2.24, 2.45) is 0 Å². The number of benzene rings is 2. The number of alkyl halides is 3. The number of ether oxygens (including phenoxy) is 1. The first-order chi connectivity index (χ1) is 14.9. The second-order valence-corrected chi connectivity index (χ2v) is 6.84. The fourth-order valence-corrected chi connectivity index (χ4v) is 3.30. The molecule has 5 nitrogen and oxygen atoms in total. The Hall–Kier alpha value is -3.81. The van der Waals surface area contributed by atoms with Crippen LogP contribution in [0.2, 0.25) is 0 Å². The molecule has 4 rings (SSSR count). The molecule has 0 saturated heterocycles. The number of H-pyrrole nitrogens is 1. The highest BCUT2D eigenvalue weighted by Gasteiger charge is 2.30. The molecule has 0 spiro atoms. The van der Waals surface area contributed by atoms with Gasteiger partial charge in [0.15, 0.2) is 5.76 Å². The lowest BCUT2D eigenvalue weighted by molar-refractivity contribution is -0.137. The van der Waals surface area contributed by atoms with E-state index < -0.39 is 17.7 Å².